The summed E-state index contributed by atoms with van der Waals surface area (Å²) in [5.74, 6) is 1.55. The zero-order valence-corrected chi connectivity index (χ0v) is 13.3. The quantitative estimate of drug-likeness (QED) is 0.703. The second kappa shape index (κ2) is 4.98. The van der Waals surface area contributed by atoms with E-state index in [4.69, 9.17) is 9.16 Å². The monoisotopic (exact) mass is 254 g/mol. The van der Waals surface area contributed by atoms with E-state index in [2.05, 4.69) is 52.6 Å². The van der Waals surface area contributed by atoms with E-state index in [0.29, 0.717) is 5.92 Å². The van der Waals surface area contributed by atoms with Crippen LogP contribution in [0, 0.1) is 5.92 Å². The molecule has 0 saturated heterocycles. The van der Waals surface area contributed by atoms with Gasteiger partial charge in [-0.3, -0.25) is 0 Å². The standard InChI is InChI=1S/C14H26O2Si/c1-11-8-9-12(14(2,3)15-4)10-13(11)16-17(5,6)7/h8-9,12H,10H2,1-7H3/t12-/m0/s1. The Labute approximate surface area is 107 Å². The Bertz CT molecular complexity index is 335. The van der Waals surface area contributed by atoms with Crippen molar-refractivity contribution in [2.45, 2.75) is 52.4 Å². The summed E-state index contributed by atoms with van der Waals surface area (Å²) in [5.41, 5.74) is 1.13. The van der Waals surface area contributed by atoms with Crippen LogP contribution < -0.4 is 0 Å². The van der Waals surface area contributed by atoms with Gasteiger partial charge in [0.2, 0.25) is 8.32 Å². The molecule has 98 valence electrons. The minimum absolute atomic E-state index is 0.134. The SMILES string of the molecule is COC(C)(C)[C@H]1C=CC(C)=C(O[Si](C)(C)C)C1. The molecule has 0 bridgehead atoms. The molecule has 1 atom stereocenters. The zero-order chi connectivity index (χ0) is 13.3. The first-order valence-electron chi connectivity index (χ1n) is 6.28. The summed E-state index contributed by atoms with van der Waals surface area (Å²) >= 11 is 0. The Kier molecular flexibility index (Phi) is 4.26. The molecule has 0 heterocycles. The zero-order valence-electron chi connectivity index (χ0n) is 12.3. The summed E-state index contributed by atoms with van der Waals surface area (Å²) in [6, 6.07) is 0. The Hall–Kier alpha value is -0.543. The van der Waals surface area contributed by atoms with Crippen LogP contribution in [0.4, 0.5) is 0 Å². The number of hydrogen-bond acceptors (Lipinski definition) is 2. The summed E-state index contributed by atoms with van der Waals surface area (Å²) in [5, 5.41) is 0. The normalized spacial score (nSPS) is 21.9. The molecule has 0 spiro atoms. The van der Waals surface area contributed by atoms with E-state index in [0.717, 1.165) is 12.2 Å². The lowest BCUT2D eigenvalue weighted by molar-refractivity contribution is -0.0149. The van der Waals surface area contributed by atoms with E-state index in [9.17, 15) is 0 Å². The van der Waals surface area contributed by atoms with Gasteiger partial charge in [0.25, 0.3) is 0 Å². The van der Waals surface area contributed by atoms with Crippen molar-refractivity contribution in [3.8, 4) is 0 Å². The fraction of sp³-hybridized carbons (Fsp3) is 0.714. The van der Waals surface area contributed by atoms with Gasteiger partial charge < -0.3 is 9.16 Å². The minimum atomic E-state index is -1.52. The molecule has 1 aliphatic carbocycles. The van der Waals surface area contributed by atoms with E-state index in [1.165, 1.54) is 5.57 Å². The summed E-state index contributed by atoms with van der Waals surface area (Å²) < 4.78 is 11.7. The Balaban J connectivity index is 2.83. The van der Waals surface area contributed by atoms with Crippen LogP contribution in [0.1, 0.15) is 27.2 Å². The first-order chi connectivity index (χ1) is 7.65. The van der Waals surface area contributed by atoms with Crippen molar-refractivity contribution >= 4 is 8.32 Å². The molecule has 3 heteroatoms. The molecule has 0 fully saturated rings. The van der Waals surface area contributed by atoms with Crippen LogP contribution in [-0.4, -0.2) is 21.0 Å². The Morgan fingerprint density at radius 3 is 2.35 bits per heavy atom. The van der Waals surface area contributed by atoms with Crippen LogP contribution >= 0.6 is 0 Å². The molecule has 0 amide bonds. The van der Waals surface area contributed by atoms with E-state index in [-0.39, 0.29) is 5.60 Å². The first-order valence-corrected chi connectivity index (χ1v) is 9.68. The highest BCUT2D eigenvalue weighted by Crippen LogP contribution is 2.34. The van der Waals surface area contributed by atoms with Crippen molar-refractivity contribution in [3.63, 3.8) is 0 Å². The van der Waals surface area contributed by atoms with Crippen LogP contribution in [0.5, 0.6) is 0 Å². The van der Waals surface area contributed by atoms with Gasteiger partial charge >= 0.3 is 0 Å². The molecule has 1 rings (SSSR count). The lowest BCUT2D eigenvalue weighted by Crippen LogP contribution is -2.35. The van der Waals surface area contributed by atoms with Gasteiger partial charge in [0, 0.05) is 19.4 Å². The molecule has 0 aliphatic heterocycles. The molecule has 0 aromatic rings. The summed E-state index contributed by atoms with van der Waals surface area (Å²) in [7, 11) is 0.258. The average molecular weight is 254 g/mol. The molecule has 0 aromatic heterocycles. The second-order valence-electron chi connectivity index (χ2n) is 6.30. The number of allylic oxidation sites excluding steroid dienone is 3. The summed E-state index contributed by atoms with van der Waals surface area (Å²) in [6.45, 7) is 13.1. The highest BCUT2D eigenvalue weighted by molar-refractivity contribution is 6.70. The minimum Gasteiger partial charge on any atom is -0.547 e. The predicted octanol–water partition coefficient (Wildman–Crippen LogP) is 4.11. The van der Waals surface area contributed by atoms with Gasteiger partial charge in [0.05, 0.1) is 11.4 Å². The molecule has 0 N–H and O–H groups in total. The van der Waals surface area contributed by atoms with Crippen molar-refractivity contribution in [3.05, 3.63) is 23.5 Å². The van der Waals surface area contributed by atoms with Crippen molar-refractivity contribution < 1.29 is 9.16 Å². The average Bonchev–Trinajstić information content (AvgIpc) is 2.19. The highest BCUT2D eigenvalue weighted by atomic mass is 28.4. The number of hydrogen-bond donors (Lipinski definition) is 0. The smallest absolute Gasteiger partial charge is 0.241 e. The number of rotatable bonds is 4. The molecule has 2 nitrogen and oxygen atoms in total. The van der Waals surface area contributed by atoms with Gasteiger partial charge in [-0.25, -0.2) is 0 Å². The number of ether oxygens (including phenoxy) is 1. The molecule has 17 heavy (non-hydrogen) atoms. The van der Waals surface area contributed by atoms with Crippen molar-refractivity contribution in [1.29, 1.82) is 0 Å². The van der Waals surface area contributed by atoms with Gasteiger partial charge in [0.1, 0.15) is 0 Å². The lowest BCUT2D eigenvalue weighted by Gasteiger charge is -2.35. The maximum Gasteiger partial charge on any atom is 0.241 e. The summed E-state index contributed by atoms with van der Waals surface area (Å²) in [6.07, 6.45) is 5.37. The van der Waals surface area contributed by atoms with Gasteiger partial charge in [0.15, 0.2) is 0 Å². The van der Waals surface area contributed by atoms with Crippen LogP contribution in [0.2, 0.25) is 19.6 Å². The molecule has 0 aromatic carbocycles. The van der Waals surface area contributed by atoms with Gasteiger partial charge in [-0.1, -0.05) is 12.2 Å². The molecule has 1 aliphatic rings. The van der Waals surface area contributed by atoms with E-state index >= 15 is 0 Å². The summed E-state index contributed by atoms with van der Waals surface area (Å²) in [4.78, 5) is 0. The maximum atomic E-state index is 6.17. The third kappa shape index (κ3) is 4.00. The van der Waals surface area contributed by atoms with Crippen LogP contribution in [-0.2, 0) is 9.16 Å². The van der Waals surface area contributed by atoms with Gasteiger partial charge in [-0.15, -0.1) is 0 Å². The predicted molar refractivity (Wildman–Crippen MR) is 75.5 cm³/mol. The van der Waals surface area contributed by atoms with Crippen LogP contribution in [0.25, 0.3) is 0 Å². The first kappa shape index (κ1) is 14.5. The Morgan fingerprint density at radius 2 is 1.88 bits per heavy atom. The maximum absolute atomic E-state index is 6.17. The fourth-order valence-electron chi connectivity index (χ4n) is 1.90. The largest absolute Gasteiger partial charge is 0.547 e. The molecular weight excluding hydrogens is 228 g/mol. The van der Waals surface area contributed by atoms with Crippen LogP contribution in [0.3, 0.4) is 0 Å². The molecule has 0 radical (unpaired) electrons. The van der Waals surface area contributed by atoms with Crippen LogP contribution in [0.15, 0.2) is 23.5 Å². The van der Waals surface area contributed by atoms with Gasteiger partial charge in [-0.05, 0) is 46.0 Å². The van der Waals surface area contributed by atoms with Crippen molar-refractivity contribution in [2.24, 2.45) is 5.92 Å². The van der Waals surface area contributed by atoms with Crippen molar-refractivity contribution in [2.75, 3.05) is 7.11 Å². The third-order valence-electron chi connectivity index (χ3n) is 3.27. The van der Waals surface area contributed by atoms with Gasteiger partial charge in [-0.2, -0.15) is 0 Å². The highest BCUT2D eigenvalue weighted by Gasteiger charge is 2.32. The molecule has 0 saturated carbocycles. The van der Waals surface area contributed by atoms with E-state index in [1.54, 1.807) is 7.11 Å². The lowest BCUT2D eigenvalue weighted by atomic mass is 9.83. The molecular formula is C14H26O2Si. The van der Waals surface area contributed by atoms with E-state index < -0.39 is 8.32 Å². The fourth-order valence-corrected chi connectivity index (χ4v) is 2.89. The van der Waals surface area contributed by atoms with Crippen molar-refractivity contribution in [1.82, 2.24) is 0 Å². The number of methoxy groups -OCH3 is 1. The Morgan fingerprint density at radius 1 is 1.29 bits per heavy atom. The topological polar surface area (TPSA) is 18.5 Å². The third-order valence-corrected chi connectivity index (χ3v) is 4.13. The van der Waals surface area contributed by atoms with E-state index in [1.807, 2.05) is 0 Å². The molecule has 0 unspecified atom stereocenters. The second-order valence-corrected chi connectivity index (χ2v) is 10.7.